The molecule has 146 valence electrons. The highest BCUT2D eigenvalue weighted by atomic mass is 35.5. The summed E-state index contributed by atoms with van der Waals surface area (Å²) in [7, 11) is 0. The number of amides is 1. The van der Waals surface area contributed by atoms with Crippen LogP contribution < -0.4 is 11.1 Å². The normalized spacial score (nSPS) is 11.6. The van der Waals surface area contributed by atoms with Gasteiger partial charge >= 0.3 is 5.97 Å². The van der Waals surface area contributed by atoms with E-state index in [4.69, 9.17) is 17.3 Å². The second kappa shape index (κ2) is 9.87. The zero-order valence-electron chi connectivity index (χ0n) is 14.7. The molecule has 0 bridgehead atoms. The van der Waals surface area contributed by atoms with E-state index in [1.54, 1.807) is 18.2 Å². The lowest BCUT2D eigenvalue weighted by molar-refractivity contribution is -0.116. The highest BCUT2D eigenvalue weighted by Crippen LogP contribution is 2.33. The maximum Gasteiger partial charge on any atom is 0.339 e. The van der Waals surface area contributed by atoms with Gasteiger partial charge in [0, 0.05) is 28.6 Å². The summed E-state index contributed by atoms with van der Waals surface area (Å²) in [5.41, 5.74) is 6.83. The predicted molar refractivity (Wildman–Crippen MR) is 111 cm³/mol. The van der Waals surface area contributed by atoms with Crippen molar-refractivity contribution in [2.75, 3.05) is 5.32 Å². The first-order valence-corrected chi connectivity index (χ1v) is 9.41. The van der Waals surface area contributed by atoms with Crippen LogP contribution >= 0.6 is 22.9 Å². The van der Waals surface area contributed by atoms with Crippen molar-refractivity contribution in [2.24, 2.45) is 5.73 Å². The molecule has 1 aromatic heterocycles. The summed E-state index contributed by atoms with van der Waals surface area (Å²) in [6.45, 7) is 3.53. The van der Waals surface area contributed by atoms with Crippen molar-refractivity contribution in [1.29, 1.82) is 0 Å². The Kier molecular flexibility index (Phi) is 7.54. The first-order valence-electron chi connectivity index (χ1n) is 8.15. The number of carbonyl (C=O) groups excluding carboxylic acids is 1. The number of hydrogen-bond acceptors (Lipinski definition) is 4. The molecule has 0 saturated heterocycles. The number of aromatic carboxylic acids is 1. The topological polar surface area (TPSA) is 92.4 Å². The Hall–Kier alpha value is -2.90. The van der Waals surface area contributed by atoms with Gasteiger partial charge < -0.3 is 16.2 Å². The van der Waals surface area contributed by atoms with Gasteiger partial charge in [0.2, 0.25) is 5.91 Å². The first-order chi connectivity index (χ1) is 13.3. The van der Waals surface area contributed by atoms with E-state index >= 15 is 0 Å². The highest BCUT2D eigenvalue weighted by molar-refractivity contribution is 7.12. The lowest BCUT2D eigenvalue weighted by Crippen LogP contribution is -2.14. The molecule has 0 unspecified atom stereocenters. The van der Waals surface area contributed by atoms with E-state index in [0.717, 1.165) is 11.3 Å². The number of hydrogen-bond donors (Lipinski definition) is 3. The molecule has 1 heterocycles. The molecular weight excluding hydrogens is 403 g/mol. The number of benzene rings is 1. The fourth-order valence-electron chi connectivity index (χ4n) is 2.42. The summed E-state index contributed by atoms with van der Waals surface area (Å²) in [6, 6.07) is 5.97. The molecule has 2 rings (SSSR count). The highest BCUT2D eigenvalue weighted by Gasteiger charge is 2.21. The second-order valence-electron chi connectivity index (χ2n) is 5.74. The molecule has 1 amide bonds. The van der Waals surface area contributed by atoms with Gasteiger partial charge in [0.25, 0.3) is 0 Å². The molecule has 0 atom stereocenters. The number of allylic oxidation sites excluding steroid dienone is 4. The van der Waals surface area contributed by atoms with Crippen molar-refractivity contribution in [3.8, 4) is 0 Å². The molecule has 2 aromatic rings. The van der Waals surface area contributed by atoms with E-state index < -0.39 is 5.97 Å². The number of anilines is 1. The summed E-state index contributed by atoms with van der Waals surface area (Å²) < 4.78 is 13.2. The second-order valence-corrected chi connectivity index (χ2v) is 7.10. The van der Waals surface area contributed by atoms with Crippen LogP contribution in [0.4, 0.5) is 10.1 Å². The van der Waals surface area contributed by atoms with Crippen molar-refractivity contribution in [3.05, 3.63) is 81.4 Å². The summed E-state index contributed by atoms with van der Waals surface area (Å²) in [5.74, 6) is -1.95. The summed E-state index contributed by atoms with van der Waals surface area (Å²) in [5, 5.41) is 14.0. The number of aryl methyl sites for hydroxylation is 1. The minimum atomic E-state index is -1.20. The molecule has 0 aliphatic heterocycles. The third kappa shape index (κ3) is 5.80. The van der Waals surface area contributed by atoms with Gasteiger partial charge in [0.1, 0.15) is 11.4 Å². The number of thiophene rings is 1. The minimum absolute atomic E-state index is 0.0642. The molecule has 28 heavy (non-hydrogen) atoms. The lowest BCUT2D eigenvalue weighted by atomic mass is 10.1. The van der Waals surface area contributed by atoms with Gasteiger partial charge in [-0.05, 0) is 30.2 Å². The smallest absolute Gasteiger partial charge is 0.339 e. The number of carbonyl (C=O) groups is 2. The van der Waals surface area contributed by atoms with Crippen LogP contribution in [0.5, 0.6) is 0 Å². The predicted octanol–water partition coefficient (Wildman–Crippen LogP) is 4.77. The maximum atomic E-state index is 13.2. The average Bonchev–Trinajstić information content (AvgIpc) is 3.04. The Morgan fingerprint density at radius 1 is 1.36 bits per heavy atom. The zero-order valence-corrected chi connectivity index (χ0v) is 16.3. The van der Waals surface area contributed by atoms with Gasteiger partial charge in [-0.3, -0.25) is 4.79 Å². The molecule has 4 N–H and O–H groups in total. The van der Waals surface area contributed by atoms with Crippen molar-refractivity contribution >= 4 is 46.1 Å². The molecule has 0 fully saturated rings. The summed E-state index contributed by atoms with van der Waals surface area (Å²) in [6.07, 6.45) is 4.70. The van der Waals surface area contributed by atoms with Gasteiger partial charge in [-0.1, -0.05) is 36.4 Å². The third-order valence-electron chi connectivity index (χ3n) is 3.69. The maximum absolute atomic E-state index is 13.2. The molecule has 0 radical (unpaired) electrons. The van der Waals surface area contributed by atoms with Gasteiger partial charge in [-0.15, -0.1) is 11.3 Å². The van der Waals surface area contributed by atoms with Crippen LogP contribution in [0.2, 0.25) is 0 Å². The number of carboxylic acid groups (broad SMARTS) is 1. The molecular formula is C20H18ClFN2O3S. The molecule has 0 saturated carbocycles. The third-order valence-corrected chi connectivity index (χ3v) is 4.85. The number of rotatable bonds is 8. The van der Waals surface area contributed by atoms with Crippen LogP contribution in [0.3, 0.4) is 0 Å². The van der Waals surface area contributed by atoms with Gasteiger partial charge in [0.15, 0.2) is 0 Å². The largest absolute Gasteiger partial charge is 0.478 e. The van der Waals surface area contributed by atoms with E-state index in [2.05, 4.69) is 11.9 Å². The number of carboxylic acids is 1. The SMILES string of the molecule is C=C(Cl)/C=C\C(=C/N)c1scc(NC(=O)CCc2cccc(F)c2)c1C(=O)O. The van der Waals surface area contributed by atoms with Gasteiger partial charge in [-0.2, -0.15) is 0 Å². The van der Waals surface area contributed by atoms with Gasteiger partial charge in [-0.25, -0.2) is 9.18 Å². The van der Waals surface area contributed by atoms with Gasteiger partial charge in [0.05, 0.1) is 10.6 Å². The fraction of sp³-hybridized carbons (Fsp3) is 0.100. The monoisotopic (exact) mass is 420 g/mol. The van der Waals surface area contributed by atoms with Crippen molar-refractivity contribution in [2.45, 2.75) is 12.8 Å². The lowest BCUT2D eigenvalue weighted by Gasteiger charge is -2.07. The van der Waals surface area contributed by atoms with Crippen LogP contribution in [-0.2, 0) is 11.2 Å². The first kappa shape index (κ1) is 21.4. The molecule has 1 aromatic carbocycles. The van der Waals surface area contributed by atoms with Crippen LogP contribution in [0.15, 0.2) is 59.6 Å². The van der Waals surface area contributed by atoms with E-state index in [-0.39, 0.29) is 34.4 Å². The molecule has 5 nitrogen and oxygen atoms in total. The molecule has 0 spiro atoms. The number of halogens is 2. The van der Waals surface area contributed by atoms with Crippen LogP contribution in [0.1, 0.15) is 27.2 Å². The van der Waals surface area contributed by atoms with Crippen molar-refractivity contribution < 1.29 is 19.1 Å². The van der Waals surface area contributed by atoms with E-state index in [0.29, 0.717) is 22.4 Å². The van der Waals surface area contributed by atoms with E-state index in [1.165, 1.54) is 29.8 Å². The fourth-order valence-corrected chi connectivity index (χ4v) is 3.49. The van der Waals surface area contributed by atoms with Crippen LogP contribution in [0.25, 0.3) is 5.57 Å². The Bertz CT molecular complexity index is 966. The van der Waals surface area contributed by atoms with Crippen molar-refractivity contribution in [3.63, 3.8) is 0 Å². The van der Waals surface area contributed by atoms with Crippen molar-refractivity contribution in [1.82, 2.24) is 0 Å². The molecule has 0 aliphatic carbocycles. The van der Waals surface area contributed by atoms with E-state index in [9.17, 15) is 19.1 Å². The van der Waals surface area contributed by atoms with Crippen LogP contribution in [-0.4, -0.2) is 17.0 Å². The Balaban J connectivity index is 2.17. The molecule has 8 heteroatoms. The average molecular weight is 421 g/mol. The minimum Gasteiger partial charge on any atom is -0.478 e. The standard InChI is InChI=1S/C20H18ClFN2O3S/c1-12(21)5-7-14(10-23)19-18(20(26)27)16(11-28-19)24-17(25)8-6-13-3-2-4-15(22)9-13/h2-5,7,9-11H,1,6,8,23H2,(H,24,25)(H,26,27)/b7-5-,14-10+. The van der Waals surface area contributed by atoms with E-state index in [1.807, 2.05) is 0 Å². The van der Waals surface area contributed by atoms with Crippen LogP contribution in [0, 0.1) is 5.82 Å². The number of nitrogens with two attached hydrogens (primary N) is 1. The number of nitrogens with one attached hydrogen (secondary N) is 1. The Morgan fingerprint density at radius 3 is 2.71 bits per heavy atom. The molecule has 0 aliphatic rings. The Labute approximate surface area is 170 Å². The quantitative estimate of drug-likeness (QED) is 0.536. The zero-order chi connectivity index (χ0) is 20.7. The summed E-state index contributed by atoms with van der Waals surface area (Å²) >= 11 is 6.82. The summed E-state index contributed by atoms with van der Waals surface area (Å²) in [4.78, 5) is 24.4. The Morgan fingerprint density at radius 2 is 2.11 bits per heavy atom.